The minimum absolute atomic E-state index is 0.00904. The first-order chi connectivity index (χ1) is 7.20. The van der Waals surface area contributed by atoms with E-state index in [9.17, 15) is 8.78 Å². The van der Waals surface area contributed by atoms with Gasteiger partial charge in [-0.05, 0) is 12.1 Å². The van der Waals surface area contributed by atoms with E-state index in [2.05, 4.69) is 9.97 Å². The minimum Gasteiger partial charge on any atom is -0.251 e. The Bertz CT molecular complexity index is 482. The quantitative estimate of drug-likeness (QED) is 0.747. The highest BCUT2D eigenvalue weighted by Crippen LogP contribution is 2.28. The van der Waals surface area contributed by atoms with Crippen molar-refractivity contribution in [2.75, 3.05) is 0 Å². The molecular weight excluding hydrogens is 222 g/mol. The number of halogens is 3. The van der Waals surface area contributed by atoms with E-state index in [0.29, 0.717) is 0 Å². The summed E-state index contributed by atoms with van der Waals surface area (Å²) >= 11 is 5.70. The van der Waals surface area contributed by atoms with E-state index >= 15 is 0 Å². The fourth-order valence-electron chi connectivity index (χ4n) is 1.21. The average Bonchev–Trinajstić information content (AvgIpc) is 2.20. The Kier molecular flexibility index (Phi) is 2.60. The molecule has 15 heavy (non-hydrogen) atoms. The number of hydrogen-bond acceptors (Lipinski definition) is 2. The van der Waals surface area contributed by atoms with Crippen molar-refractivity contribution in [3.8, 4) is 11.3 Å². The molecule has 0 saturated heterocycles. The molecule has 0 fully saturated rings. The first-order valence-electron chi connectivity index (χ1n) is 4.11. The van der Waals surface area contributed by atoms with Gasteiger partial charge >= 0.3 is 0 Å². The number of hydrogen-bond donors (Lipinski definition) is 0. The maximum Gasteiger partial charge on any atom is 0.155 e. The SMILES string of the molecule is Fc1cccc(F)c1-c1nccnc1Cl. The molecule has 0 amide bonds. The van der Waals surface area contributed by atoms with Gasteiger partial charge in [-0.25, -0.2) is 13.8 Å². The van der Waals surface area contributed by atoms with Crippen LogP contribution in [-0.2, 0) is 0 Å². The van der Waals surface area contributed by atoms with E-state index in [1.165, 1.54) is 18.5 Å². The van der Waals surface area contributed by atoms with E-state index in [4.69, 9.17) is 11.6 Å². The molecule has 0 aliphatic heterocycles. The molecule has 0 unspecified atom stereocenters. The summed E-state index contributed by atoms with van der Waals surface area (Å²) < 4.78 is 26.7. The lowest BCUT2D eigenvalue weighted by Crippen LogP contribution is -1.94. The summed E-state index contributed by atoms with van der Waals surface area (Å²) in [7, 11) is 0. The van der Waals surface area contributed by atoms with Crippen molar-refractivity contribution in [3.63, 3.8) is 0 Å². The number of benzene rings is 1. The Morgan fingerprint density at radius 2 is 1.60 bits per heavy atom. The van der Waals surface area contributed by atoms with E-state index in [1.807, 2.05) is 0 Å². The molecule has 1 aromatic heterocycles. The zero-order valence-corrected chi connectivity index (χ0v) is 8.17. The second-order valence-corrected chi connectivity index (χ2v) is 3.15. The minimum atomic E-state index is -0.711. The molecule has 1 heterocycles. The zero-order chi connectivity index (χ0) is 10.8. The fraction of sp³-hybridized carbons (Fsp3) is 0. The van der Waals surface area contributed by atoms with Crippen LogP contribution in [0.25, 0.3) is 11.3 Å². The molecule has 0 aliphatic rings. The van der Waals surface area contributed by atoms with Crippen LogP contribution in [0, 0.1) is 11.6 Å². The van der Waals surface area contributed by atoms with Gasteiger partial charge in [0.25, 0.3) is 0 Å². The number of nitrogens with zero attached hydrogens (tertiary/aromatic N) is 2. The molecule has 0 spiro atoms. The standard InChI is InChI=1S/C10H5ClF2N2/c11-10-9(14-4-5-15-10)8-6(12)2-1-3-7(8)13/h1-5H. The van der Waals surface area contributed by atoms with Crippen molar-refractivity contribution in [2.45, 2.75) is 0 Å². The van der Waals surface area contributed by atoms with E-state index < -0.39 is 11.6 Å². The first-order valence-corrected chi connectivity index (χ1v) is 4.49. The highest BCUT2D eigenvalue weighted by molar-refractivity contribution is 6.31. The van der Waals surface area contributed by atoms with Crippen LogP contribution < -0.4 is 0 Å². The molecule has 5 heteroatoms. The average molecular weight is 227 g/mol. The highest BCUT2D eigenvalue weighted by Gasteiger charge is 2.15. The van der Waals surface area contributed by atoms with Gasteiger partial charge in [0.05, 0.1) is 5.56 Å². The van der Waals surface area contributed by atoms with Crippen LogP contribution >= 0.6 is 11.6 Å². The number of aromatic nitrogens is 2. The van der Waals surface area contributed by atoms with E-state index in [1.54, 1.807) is 0 Å². The van der Waals surface area contributed by atoms with Crippen LogP contribution in [0.1, 0.15) is 0 Å². The summed E-state index contributed by atoms with van der Waals surface area (Å²) in [5, 5.41) is -0.0264. The van der Waals surface area contributed by atoms with Crippen molar-refractivity contribution in [2.24, 2.45) is 0 Å². The van der Waals surface area contributed by atoms with Gasteiger partial charge in [-0.2, -0.15) is 0 Å². The van der Waals surface area contributed by atoms with E-state index in [-0.39, 0.29) is 16.4 Å². The second-order valence-electron chi connectivity index (χ2n) is 2.79. The Morgan fingerprint density at radius 1 is 1.00 bits per heavy atom. The Hall–Kier alpha value is -1.55. The first kappa shape index (κ1) is 9.98. The summed E-state index contributed by atoms with van der Waals surface area (Å²) in [6, 6.07) is 3.56. The summed E-state index contributed by atoms with van der Waals surface area (Å²) in [5.41, 5.74) is -0.245. The molecule has 0 radical (unpaired) electrons. The maximum atomic E-state index is 13.3. The molecule has 0 saturated carbocycles. The molecule has 2 rings (SSSR count). The van der Waals surface area contributed by atoms with Gasteiger partial charge in [-0.3, -0.25) is 4.98 Å². The van der Waals surface area contributed by atoms with Crippen LogP contribution in [-0.4, -0.2) is 9.97 Å². The summed E-state index contributed by atoms with van der Waals surface area (Å²) in [4.78, 5) is 7.50. The lowest BCUT2D eigenvalue weighted by atomic mass is 10.1. The maximum absolute atomic E-state index is 13.3. The lowest BCUT2D eigenvalue weighted by molar-refractivity contribution is 0.588. The molecule has 76 valence electrons. The topological polar surface area (TPSA) is 25.8 Å². The Labute approximate surface area is 89.6 Å². The van der Waals surface area contributed by atoms with Crippen molar-refractivity contribution >= 4 is 11.6 Å². The van der Waals surface area contributed by atoms with Gasteiger partial charge in [-0.1, -0.05) is 17.7 Å². The van der Waals surface area contributed by atoms with Crippen molar-refractivity contribution in [1.82, 2.24) is 9.97 Å². The summed E-state index contributed by atoms with van der Waals surface area (Å²) in [6.45, 7) is 0. The van der Waals surface area contributed by atoms with Crippen LogP contribution in [0.5, 0.6) is 0 Å². The third kappa shape index (κ3) is 1.80. The van der Waals surface area contributed by atoms with Gasteiger partial charge in [-0.15, -0.1) is 0 Å². The van der Waals surface area contributed by atoms with Crippen molar-refractivity contribution in [3.05, 3.63) is 47.4 Å². The summed E-state index contributed by atoms with van der Waals surface area (Å²) in [6.07, 6.45) is 2.68. The van der Waals surface area contributed by atoms with Crippen LogP contribution in [0.4, 0.5) is 8.78 Å². The molecule has 2 nitrogen and oxygen atoms in total. The molecule has 0 aliphatic carbocycles. The third-order valence-corrected chi connectivity index (χ3v) is 2.13. The second kappa shape index (κ2) is 3.90. The predicted octanol–water partition coefficient (Wildman–Crippen LogP) is 3.08. The zero-order valence-electron chi connectivity index (χ0n) is 7.42. The Balaban J connectivity index is 2.69. The van der Waals surface area contributed by atoms with Gasteiger partial charge < -0.3 is 0 Å². The van der Waals surface area contributed by atoms with Gasteiger partial charge in [0, 0.05) is 12.4 Å². The summed E-state index contributed by atoms with van der Waals surface area (Å²) in [5.74, 6) is -1.42. The molecule has 0 atom stereocenters. The third-order valence-electron chi connectivity index (χ3n) is 1.85. The predicted molar refractivity (Wildman–Crippen MR) is 52.4 cm³/mol. The van der Waals surface area contributed by atoms with Gasteiger partial charge in [0.1, 0.15) is 17.3 Å². The largest absolute Gasteiger partial charge is 0.251 e. The molecule has 1 aromatic carbocycles. The van der Waals surface area contributed by atoms with Crippen LogP contribution in [0.2, 0.25) is 5.15 Å². The van der Waals surface area contributed by atoms with Crippen molar-refractivity contribution in [1.29, 1.82) is 0 Å². The lowest BCUT2D eigenvalue weighted by Gasteiger charge is -2.04. The molecule has 2 aromatic rings. The van der Waals surface area contributed by atoms with Crippen molar-refractivity contribution < 1.29 is 8.78 Å². The smallest absolute Gasteiger partial charge is 0.155 e. The van der Waals surface area contributed by atoms with Crippen LogP contribution in [0.15, 0.2) is 30.6 Å². The molecular formula is C10H5ClF2N2. The van der Waals surface area contributed by atoms with E-state index in [0.717, 1.165) is 12.1 Å². The fourth-order valence-corrected chi connectivity index (χ4v) is 1.41. The van der Waals surface area contributed by atoms with Gasteiger partial charge in [0.15, 0.2) is 5.15 Å². The normalized spacial score (nSPS) is 10.3. The highest BCUT2D eigenvalue weighted by atomic mass is 35.5. The number of rotatable bonds is 1. The van der Waals surface area contributed by atoms with Crippen LogP contribution in [0.3, 0.4) is 0 Å². The monoisotopic (exact) mass is 226 g/mol. The Morgan fingerprint density at radius 3 is 2.20 bits per heavy atom. The molecule has 0 N–H and O–H groups in total. The van der Waals surface area contributed by atoms with Gasteiger partial charge in [0.2, 0.25) is 0 Å². The molecule has 0 bridgehead atoms.